The van der Waals surface area contributed by atoms with E-state index in [0.717, 1.165) is 38.7 Å². The van der Waals surface area contributed by atoms with Gasteiger partial charge >= 0.3 is 0 Å². The molecule has 0 bridgehead atoms. The number of rotatable bonds is 10. The summed E-state index contributed by atoms with van der Waals surface area (Å²) in [7, 11) is 1.86. The van der Waals surface area contributed by atoms with Crippen molar-refractivity contribution in [3.63, 3.8) is 0 Å². The summed E-state index contributed by atoms with van der Waals surface area (Å²) in [6, 6.07) is 2.72. The average Bonchev–Trinajstić information content (AvgIpc) is 3.12. The van der Waals surface area contributed by atoms with E-state index in [0.29, 0.717) is 6.04 Å². The van der Waals surface area contributed by atoms with Crippen LogP contribution < -0.4 is 10.6 Å². The largest absolute Gasteiger partial charge is 0.355 e. The maximum atomic E-state index is 4.38. The van der Waals surface area contributed by atoms with E-state index in [1.807, 2.05) is 18.4 Å². The lowest BCUT2D eigenvalue weighted by Crippen LogP contribution is -2.45. The van der Waals surface area contributed by atoms with Gasteiger partial charge in [0, 0.05) is 44.1 Å². The molecule has 148 valence electrons. The number of guanidine groups is 1. The molecular formula is C20H37N5S. The second kappa shape index (κ2) is 11.6. The van der Waals surface area contributed by atoms with Crippen LogP contribution in [0, 0.1) is 0 Å². The van der Waals surface area contributed by atoms with Crippen molar-refractivity contribution in [2.24, 2.45) is 4.99 Å². The second-order valence-corrected chi connectivity index (χ2v) is 8.11. The molecule has 0 radical (unpaired) electrons. The molecule has 2 rings (SSSR count). The molecule has 1 aliphatic heterocycles. The number of fused-ring (bicyclic) bond motifs is 1. The van der Waals surface area contributed by atoms with Crippen molar-refractivity contribution in [3.8, 4) is 0 Å². The first-order valence-corrected chi connectivity index (χ1v) is 11.0. The van der Waals surface area contributed by atoms with E-state index < -0.39 is 0 Å². The van der Waals surface area contributed by atoms with E-state index in [-0.39, 0.29) is 0 Å². The fraction of sp³-hybridized carbons (Fsp3) is 0.750. The van der Waals surface area contributed by atoms with Crippen LogP contribution in [0.15, 0.2) is 16.4 Å². The second-order valence-electron chi connectivity index (χ2n) is 7.11. The highest BCUT2D eigenvalue weighted by molar-refractivity contribution is 7.10. The number of nitrogens with one attached hydrogen (secondary N) is 2. The summed E-state index contributed by atoms with van der Waals surface area (Å²) in [4.78, 5) is 11.0. The van der Waals surface area contributed by atoms with Gasteiger partial charge in [0.05, 0.1) is 0 Å². The number of thiophene rings is 1. The molecule has 6 heteroatoms. The summed E-state index contributed by atoms with van der Waals surface area (Å²) >= 11 is 1.90. The van der Waals surface area contributed by atoms with Gasteiger partial charge in [-0.05, 0) is 62.8 Å². The Labute approximate surface area is 163 Å². The van der Waals surface area contributed by atoms with Crippen molar-refractivity contribution in [2.45, 2.75) is 52.6 Å². The fourth-order valence-corrected chi connectivity index (χ4v) is 4.38. The molecule has 0 saturated heterocycles. The van der Waals surface area contributed by atoms with Crippen LogP contribution in [0.3, 0.4) is 0 Å². The first-order chi connectivity index (χ1) is 12.7. The molecule has 5 nitrogen and oxygen atoms in total. The van der Waals surface area contributed by atoms with Crippen LogP contribution in [-0.2, 0) is 13.0 Å². The third-order valence-electron chi connectivity index (χ3n) is 5.22. The molecule has 1 atom stereocenters. The van der Waals surface area contributed by atoms with Crippen LogP contribution in [-0.4, -0.2) is 68.1 Å². The maximum absolute atomic E-state index is 4.38. The van der Waals surface area contributed by atoms with Crippen LogP contribution in [0.5, 0.6) is 0 Å². The van der Waals surface area contributed by atoms with Crippen LogP contribution >= 0.6 is 11.3 Å². The summed E-state index contributed by atoms with van der Waals surface area (Å²) in [5.41, 5.74) is 1.52. The molecule has 26 heavy (non-hydrogen) atoms. The third kappa shape index (κ3) is 6.89. The van der Waals surface area contributed by atoms with Crippen LogP contribution in [0.4, 0.5) is 0 Å². The van der Waals surface area contributed by atoms with E-state index in [4.69, 9.17) is 0 Å². The molecule has 0 aromatic carbocycles. The predicted molar refractivity (Wildman–Crippen MR) is 114 cm³/mol. The Balaban J connectivity index is 1.61. The smallest absolute Gasteiger partial charge is 0.191 e. The highest BCUT2D eigenvalue weighted by Gasteiger charge is 2.16. The van der Waals surface area contributed by atoms with Crippen LogP contribution in [0.2, 0.25) is 0 Å². The first-order valence-electron chi connectivity index (χ1n) is 10.1. The van der Waals surface area contributed by atoms with Gasteiger partial charge in [0.25, 0.3) is 0 Å². The molecule has 0 amide bonds. The molecule has 2 N–H and O–H groups in total. The average molecular weight is 380 g/mol. The summed E-state index contributed by atoms with van der Waals surface area (Å²) in [6.45, 7) is 14.4. The Hall–Kier alpha value is -1.11. The van der Waals surface area contributed by atoms with Crippen molar-refractivity contribution in [2.75, 3.05) is 46.3 Å². The zero-order valence-corrected chi connectivity index (χ0v) is 17.9. The van der Waals surface area contributed by atoms with Gasteiger partial charge in [0.2, 0.25) is 0 Å². The third-order valence-corrected chi connectivity index (χ3v) is 6.24. The van der Waals surface area contributed by atoms with Gasteiger partial charge in [0.15, 0.2) is 5.96 Å². The Bertz CT molecular complexity index is 538. The molecule has 1 unspecified atom stereocenters. The van der Waals surface area contributed by atoms with E-state index in [1.54, 1.807) is 4.88 Å². The molecule has 0 spiro atoms. The van der Waals surface area contributed by atoms with E-state index >= 15 is 0 Å². The normalized spacial score (nSPS) is 16.6. The number of nitrogens with zero attached hydrogens (tertiary/aromatic N) is 3. The number of aliphatic imine (C=N–C) groups is 1. The Kier molecular flexibility index (Phi) is 9.43. The minimum absolute atomic E-state index is 0.445. The van der Waals surface area contributed by atoms with Gasteiger partial charge in [-0.3, -0.25) is 9.89 Å². The van der Waals surface area contributed by atoms with Crippen LogP contribution in [0.25, 0.3) is 0 Å². The lowest BCUT2D eigenvalue weighted by molar-refractivity contribution is 0.260. The van der Waals surface area contributed by atoms with E-state index in [9.17, 15) is 0 Å². The molecular weight excluding hydrogens is 342 g/mol. The van der Waals surface area contributed by atoms with Gasteiger partial charge in [-0.15, -0.1) is 11.3 Å². The predicted octanol–water partition coefficient (Wildman–Crippen LogP) is 2.78. The number of hydrogen-bond acceptors (Lipinski definition) is 4. The fourth-order valence-electron chi connectivity index (χ4n) is 3.49. The van der Waals surface area contributed by atoms with Gasteiger partial charge in [-0.2, -0.15) is 0 Å². The van der Waals surface area contributed by atoms with Crippen molar-refractivity contribution >= 4 is 17.3 Å². The van der Waals surface area contributed by atoms with Gasteiger partial charge < -0.3 is 15.5 Å². The van der Waals surface area contributed by atoms with Crippen molar-refractivity contribution in [1.29, 1.82) is 0 Å². The maximum Gasteiger partial charge on any atom is 0.191 e. The standard InChI is InChI=1S/C20H37N5S/c1-5-24(6-2)12-7-8-17(3)23-20(21-4)22-11-14-25-13-9-19-18(16-25)10-15-26-19/h10,15,17H,5-9,11-14,16H2,1-4H3,(H2,21,22,23). The Morgan fingerprint density at radius 3 is 2.92 bits per heavy atom. The SMILES string of the molecule is CCN(CC)CCCC(C)NC(=NC)NCCN1CCc2sccc2C1. The van der Waals surface area contributed by atoms with Gasteiger partial charge in [-0.25, -0.2) is 0 Å². The van der Waals surface area contributed by atoms with Crippen molar-refractivity contribution in [1.82, 2.24) is 20.4 Å². The quantitative estimate of drug-likeness (QED) is 0.485. The Morgan fingerprint density at radius 2 is 2.19 bits per heavy atom. The van der Waals surface area contributed by atoms with Gasteiger partial charge in [0.1, 0.15) is 0 Å². The lowest BCUT2D eigenvalue weighted by Gasteiger charge is -2.27. The zero-order valence-electron chi connectivity index (χ0n) is 17.1. The minimum Gasteiger partial charge on any atom is -0.355 e. The van der Waals surface area contributed by atoms with Crippen molar-refractivity contribution < 1.29 is 0 Å². The minimum atomic E-state index is 0.445. The molecule has 0 saturated carbocycles. The molecule has 2 heterocycles. The molecule has 0 aliphatic carbocycles. The van der Waals surface area contributed by atoms with Crippen LogP contribution in [0.1, 0.15) is 44.1 Å². The summed E-state index contributed by atoms with van der Waals surface area (Å²) in [5.74, 6) is 0.925. The molecule has 1 aromatic rings. The van der Waals surface area contributed by atoms with E-state index in [2.05, 4.69) is 57.6 Å². The van der Waals surface area contributed by atoms with Crippen molar-refractivity contribution in [3.05, 3.63) is 21.9 Å². The van der Waals surface area contributed by atoms with Gasteiger partial charge in [-0.1, -0.05) is 13.8 Å². The monoisotopic (exact) mass is 379 g/mol. The Morgan fingerprint density at radius 1 is 1.38 bits per heavy atom. The molecule has 1 aliphatic rings. The topological polar surface area (TPSA) is 42.9 Å². The lowest BCUT2D eigenvalue weighted by atomic mass is 10.1. The van der Waals surface area contributed by atoms with E-state index in [1.165, 1.54) is 37.9 Å². The first kappa shape index (κ1) is 21.2. The summed E-state index contributed by atoms with van der Waals surface area (Å²) in [5, 5.41) is 9.23. The summed E-state index contributed by atoms with van der Waals surface area (Å²) < 4.78 is 0. The zero-order chi connectivity index (χ0) is 18.8. The number of hydrogen-bond donors (Lipinski definition) is 2. The molecule has 1 aromatic heterocycles. The molecule has 0 fully saturated rings. The highest BCUT2D eigenvalue weighted by Crippen LogP contribution is 2.23. The summed E-state index contributed by atoms with van der Waals surface area (Å²) in [6.07, 6.45) is 3.59. The highest BCUT2D eigenvalue weighted by atomic mass is 32.1.